The van der Waals surface area contributed by atoms with Gasteiger partial charge in [-0.2, -0.15) is 10.4 Å². The minimum Gasteiger partial charge on any atom is -0.454 e. The third kappa shape index (κ3) is 3.05. The van der Waals surface area contributed by atoms with Gasteiger partial charge in [-0.1, -0.05) is 36.4 Å². The number of Topliss-reactive ketones (excluding diaryl/α,β-unsaturated/α-hetero) is 1. The number of carbonyl (C=O) groups is 1. The highest BCUT2D eigenvalue weighted by Crippen LogP contribution is 2.47. The van der Waals surface area contributed by atoms with Crippen LogP contribution in [0.4, 0.5) is 5.82 Å². The molecule has 0 saturated carbocycles. The molecule has 1 unspecified atom stereocenters. The lowest BCUT2D eigenvalue weighted by Gasteiger charge is -2.38. The minimum absolute atomic E-state index is 0.0213. The van der Waals surface area contributed by atoms with Crippen molar-refractivity contribution in [3.8, 4) is 28.8 Å². The minimum atomic E-state index is -0.564. The summed E-state index contributed by atoms with van der Waals surface area (Å²) in [6.45, 7) is 0.149. The number of nitrogens with two attached hydrogens (primary N) is 1. The molecule has 2 aliphatic heterocycles. The van der Waals surface area contributed by atoms with Crippen LogP contribution in [-0.4, -0.2) is 22.8 Å². The van der Waals surface area contributed by atoms with E-state index < -0.39 is 5.92 Å². The van der Waals surface area contributed by atoms with Crippen molar-refractivity contribution in [1.82, 2.24) is 10.2 Å². The number of ketones is 1. The summed E-state index contributed by atoms with van der Waals surface area (Å²) in [5, 5.41) is 17.7. The molecular formula is C26H21N5O3. The standard InChI is InChI=1S/C26H21N5O3/c27-13-17-24(16-9-10-21-22(11-16)34-14-33-21)25-19(7-4-8-20(25)32)31(26(17)28)23-12-18(29-30-23)15-5-2-1-3-6-15/h1-3,5-6,9-12,24H,4,7-8,14,28H2,(H,29,30). The van der Waals surface area contributed by atoms with E-state index in [0.717, 1.165) is 22.5 Å². The molecule has 8 heteroatoms. The predicted octanol–water partition coefficient (Wildman–Crippen LogP) is 4.11. The Balaban J connectivity index is 1.50. The van der Waals surface area contributed by atoms with Crippen molar-refractivity contribution in [2.75, 3.05) is 11.7 Å². The number of benzene rings is 2. The third-order valence-electron chi connectivity index (χ3n) is 6.52. The Kier molecular flexibility index (Phi) is 4.62. The average molecular weight is 451 g/mol. The van der Waals surface area contributed by atoms with Gasteiger partial charge in [0.2, 0.25) is 6.79 Å². The van der Waals surface area contributed by atoms with Gasteiger partial charge in [-0.15, -0.1) is 0 Å². The van der Waals surface area contributed by atoms with E-state index in [4.69, 9.17) is 15.2 Å². The molecule has 6 rings (SSSR count). The number of fused-ring (bicyclic) bond motifs is 1. The van der Waals surface area contributed by atoms with Gasteiger partial charge in [-0.25, -0.2) is 0 Å². The number of allylic oxidation sites excluding steroid dienone is 3. The number of hydrogen-bond donors (Lipinski definition) is 2. The molecule has 34 heavy (non-hydrogen) atoms. The number of hydrogen-bond acceptors (Lipinski definition) is 7. The number of nitriles is 1. The molecule has 8 nitrogen and oxygen atoms in total. The number of nitrogens with one attached hydrogen (secondary N) is 1. The Morgan fingerprint density at radius 1 is 1.09 bits per heavy atom. The number of H-pyrrole nitrogens is 1. The van der Waals surface area contributed by atoms with E-state index in [1.165, 1.54) is 0 Å². The fourth-order valence-corrected chi connectivity index (χ4v) is 4.97. The van der Waals surface area contributed by atoms with Gasteiger partial charge < -0.3 is 15.2 Å². The van der Waals surface area contributed by atoms with Crippen LogP contribution in [0.2, 0.25) is 0 Å². The first-order valence-electron chi connectivity index (χ1n) is 11.1. The molecule has 0 spiro atoms. The molecule has 1 aromatic heterocycles. The van der Waals surface area contributed by atoms with E-state index in [-0.39, 0.29) is 18.4 Å². The second kappa shape index (κ2) is 7.81. The SMILES string of the molecule is N#CC1=C(N)N(c2cc(-c3ccccc3)[nH]n2)C2=C(C(=O)CCC2)C1c1ccc2c(c1)OCO2. The Morgan fingerprint density at radius 2 is 1.91 bits per heavy atom. The van der Waals surface area contributed by atoms with Crippen molar-refractivity contribution in [3.63, 3.8) is 0 Å². The molecule has 0 bridgehead atoms. The fraction of sp³-hybridized carbons (Fsp3) is 0.192. The summed E-state index contributed by atoms with van der Waals surface area (Å²) in [5.74, 6) is 1.53. The lowest BCUT2D eigenvalue weighted by Crippen LogP contribution is -2.38. The number of aromatic amines is 1. The summed E-state index contributed by atoms with van der Waals surface area (Å²) in [6.07, 6.45) is 1.81. The molecule has 0 amide bonds. The van der Waals surface area contributed by atoms with Gasteiger partial charge in [0.15, 0.2) is 23.1 Å². The van der Waals surface area contributed by atoms with Crippen molar-refractivity contribution in [3.05, 3.63) is 82.8 Å². The molecule has 1 aliphatic carbocycles. The maximum absolute atomic E-state index is 13.3. The summed E-state index contributed by atoms with van der Waals surface area (Å²) < 4.78 is 11.0. The highest BCUT2D eigenvalue weighted by Gasteiger charge is 2.41. The van der Waals surface area contributed by atoms with E-state index in [1.54, 1.807) is 4.90 Å². The van der Waals surface area contributed by atoms with Crippen LogP contribution in [0.3, 0.4) is 0 Å². The largest absolute Gasteiger partial charge is 0.454 e. The van der Waals surface area contributed by atoms with Crippen LogP contribution in [0.5, 0.6) is 11.5 Å². The van der Waals surface area contributed by atoms with Crippen LogP contribution in [0.25, 0.3) is 11.3 Å². The molecule has 168 valence electrons. The monoisotopic (exact) mass is 451 g/mol. The van der Waals surface area contributed by atoms with Gasteiger partial charge in [0.1, 0.15) is 5.82 Å². The zero-order valence-corrected chi connectivity index (χ0v) is 18.2. The second-order valence-corrected chi connectivity index (χ2v) is 8.43. The van der Waals surface area contributed by atoms with Crippen LogP contribution < -0.4 is 20.1 Å². The molecule has 3 aliphatic rings. The number of aromatic nitrogens is 2. The van der Waals surface area contributed by atoms with Crippen LogP contribution in [0, 0.1) is 11.3 Å². The molecule has 0 radical (unpaired) electrons. The van der Waals surface area contributed by atoms with Crippen LogP contribution >= 0.6 is 0 Å². The van der Waals surface area contributed by atoms with Crippen molar-refractivity contribution < 1.29 is 14.3 Å². The van der Waals surface area contributed by atoms with Gasteiger partial charge in [0.25, 0.3) is 0 Å². The molecule has 3 N–H and O–H groups in total. The predicted molar refractivity (Wildman–Crippen MR) is 125 cm³/mol. The van der Waals surface area contributed by atoms with E-state index in [1.807, 2.05) is 54.6 Å². The molecule has 2 aromatic carbocycles. The smallest absolute Gasteiger partial charge is 0.231 e. The highest BCUT2D eigenvalue weighted by molar-refractivity contribution is 6.01. The first-order valence-corrected chi connectivity index (χ1v) is 11.1. The van der Waals surface area contributed by atoms with Crippen molar-refractivity contribution in [2.45, 2.75) is 25.2 Å². The van der Waals surface area contributed by atoms with E-state index in [9.17, 15) is 10.1 Å². The van der Waals surface area contributed by atoms with Crippen molar-refractivity contribution in [1.29, 1.82) is 5.26 Å². The quantitative estimate of drug-likeness (QED) is 0.615. The number of ether oxygens (including phenoxy) is 2. The first kappa shape index (κ1) is 20.1. The zero-order chi connectivity index (χ0) is 23.2. The van der Waals surface area contributed by atoms with E-state index in [0.29, 0.717) is 47.7 Å². The molecule has 1 atom stereocenters. The Hall–Kier alpha value is -4.51. The lowest BCUT2D eigenvalue weighted by molar-refractivity contribution is -0.116. The normalized spacial score (nSPS) is 19.3. The molecule has 0 saturated heterocycles. The van der Waals surface area contributed by atoms with Gasteiger partial charge in [-0.05, 0) is 36.1 Å². The summed E-state index contributed by atoms with van der Waals surface area (Å²) >= 11 is 0. The first-order chi connectivity index (χ1) is 16.7. The Bertz CT molecular complexity index is 1410. The van der Waals surface area contributed by atoms with Crippen LogP contribution in [-0.2, 0) is 4.79 Å². The number of rotatable bonds is 3. The summed E-state index contributed by atoms with van der Waals surface area (Å²) in [4.78, 5) is 15.0. The molecule has 0 fully saturated rings. The molecule has 3 aromatic rings. The third-order valence-corrected chi connectivity index (χ3v) is 6.52. The van der Waals surface area contributed by atoms with Gasteiger partial charge >= 0.3 is 0 Å². The average Bonchev–Trinajstić information content (AvgIpc) is 3.53. The summed E-state index contributed by atoms with van der Waals surface area (Å²) in [7, 11) is 0. The van der Waals surface area contributed by atoms with Gasteiger partial charge in [0.05, 0.1) is 23.3 Å². The van der Waals surface area contributed by atoms with Crippen LogP contribution in [0.1, 0.15) is 30.7 Å². The molecule has 3 heterocycles. The Labute approximate surface area is 195 Å². The highest BCUT2D eigenvalue weighted by atomic mass is 16.7. The van der Waals surface area contributed by atoms with Crippen molar-refractivity contribution >= 4 is 11.6 Å². The zero-order valence-electron chi connectivity index (χ0n) is 18.2. The van der Waals surface area contributed by atoms with Crippen LogP contribution in [0.15, 0.2) is 77.3 Å². The lowest BCUT2D eigenvalue weighted by atomic mass is 9.75. The fourth-order valence-electron chi connectivity index (χ4n) is 4.97. The maximum atomic E-state index is 13.3. The number of anilines is 1. The van der Waals surface area contributed by atoms with E-state index >= 15 is 0 Å². The number of carbonyl (C=O) groups excluding carboxylic acids is 1. The summed E-state index contributed by atoms with van der Waals surface area (Å²) in [5.41, 5.74) is 10.9. The van der Waals surface area contributed by atoms with Crippen molar-refractivity contribution in [2.24, 2.45) is 5.73 Å². The number of nitrogens with zero attached hydrogens (tertiary/aromatic N) is 3. The topological polar surface area (TPSA) is 117 Å². The van der Waals surface area contributed by atoms with E-state index in [2.05, 4.69) is 16.3 Å². The van der Waals surface area contributed by atoms with Gasteiger partial charge in [-0.3, -0.25) is 14.8 Å². The second-order valence-electron chi connectivity index (χ2n) is 8.43. The Morgan fingerprint density at radius 3 is 2.74 bits per heavy atom. The summed E-state index contributed by atoms with van der Waals surface area (Å²) in [6, 6.07) is 19.5. The van der Waals surface area contributed by atoms with Gasteiger partial charge in [0, 0.05) is 23.8 Å². The maximum Gasteiger partial charge on any atom is 0.231 e. The molecular weight excluding hydrogens is 430 g/mol.